The van der Waals surface area contributed by atoms with Gasteiger partial charge >= 0.3 is 0 Å². The molecule has 1 aliphatic rings. The highest BCUT2D eigenvalue weighted by Gasteiger charge is 2.20. The topological polar surface area (TPSA) is 86.3 Å². The van der Waals surface area contributed by atoms with Crippen LogP contribution in [0.3, 0.4) is 0 Å². The number of amides is 1. The zero-order valence-electron chi connectivity index (χ0n) is 18.0. The first kappa shape index (κ1) is 20.1. The average molecular weight is 429 g/mol. The predicted molar refractivity (Wildman–Crippen MR) is 119 cm³/mol. The number of morpholine rings is 1. The molecule has 0 bridgehead atoms. The van der Waals surface area contributed by atoms with Crippen molar-refractivity contribution < 1.29 is 14.1 Å². The standard InChI is InChI=1S/C24H23N5O3/c1-16-3-5-18(6-4-16)14-29-17(2)13-21(26-29)24-25-23(27-32-24)19-7-9-20(10-8-19)28-11-12-31-15-22(28)30/h3-10,13H,11-12,14-15H2,1-2H3. The summed E-state index contributed by atoms with van der Waals surface area (Å²) in [5.74, 6) is 0.811. The van der Waals surface area contributed by atoms with E-state index in [1.165, 1.54) is 11.1 Å². The fraction of sp³-hybridized carbons (Fsp3) is 0.250. The number of ether oxygens (including phenoxy) is 1. The van der Waals surface area contributed by atoms with E-state index in [4.69, 9.17) is 9.26 Å². The largest absolute Gasteiger partial charge is 0.370 e. The average Bonchev–Trinajstić information content (AvgIpc) is 3.43. The van der Waals surface area contributed by atoms with Crippen LogP contribution in [0.1, 0.15) is 16.8 Å². The Bertz CT molecular complexity index is 1240. The first-order valence-corrected chi connectivity index (χ1v) is 10.5. The number of hydrogen-bond donors (Lipinski definition) is 0. The predicted octanol–water partition coefficient (Wildman–Crippen LogP) is 3.63. The molecule has 3 heterocycles. The van der Waals surface area contributed by atoms with Gasteiger partial charge in [-0.15, -0.1) is 0 Å². The zero-order chi connectivity index (χ0) is 22.1. The second-order valence-electron chi connectivity index (χ2n) is 7.88. The maximum absolute atomic E-state index is 12.0. The summed E-state index contributed by atoms with van der Waals surface area (Å²) in [7, 11) is 0. The maximum atomic E-state index is 12.0. The first-order chi connectivity index (χ1) is 15.6. The van der Waals surface area contributed by atoms with Crippen molar-refractivity contribution >= 4 is 11.6 Å². The maximum Gasteiger partial charge on any atom is 0.278 e. The second-order valence-corrected chi connectivity index (χ2v) is 7.88. The molecule has 4 aromatic rings. The number of hydrogen-bond acceptors (Lipinski definition) is 6. The van der Waals surface area contributed by atoms with E-state index in [9.17, 15) is 4.79 Å². The number of rotatable bonds is 5. The van der Waals surface area contributed by atoms with E-state index in [-0.39, 0.29) is 12.5 Å². The van der Waals surface area contributed by atoms with Gasteiger partial charge in [-0.1, -0.05) is 35.0 Å². The Morgan fingerprint density at radius 3 is 2.56 bits per heavy atom. The molecule has 8 heteroatoms. The third-order valence-corrected chi connectivity index (χ3v) is 5.50. The number of benzene rings is 2. The Balaban J connectivity index is 1.33. The van der Waals surface area contributed by atoms with Gasteiger partial charge in [0.25, 0.3) is 11.8 Å². The van der Waals surface area contributed by atoms with Crippen molar-refractivity contribution in [2.75, 3.05) is 24.7 Å². The van der Waals surface area contributed by atoms with Crippen LogP contribution in [0, 0.1) is 13.8 Å². The summed E-state index contributed by atoms with van der Waals surface area (Å²) >= 11 is 0. The number of nitrogens with zero attached hydrogens (tertiary/aromatic N) is 5. The molecule has 2 aromatic heterocycles. The van der Waals surface area contributed by atoms with E-state index >= 15 is 0 Å². The summed E-state index contributed by atoms with van der Waals surface area (Å²) in [5, 5.41) is 8.77. The van der Waals surface area contributed by atoms with Crippen LogP contribution in [-0.2, 0) is 16.1 Å². The quantitative estimate of drug-likeness (QED) is 0.482. The molecule has 1 amide bonds. The lowest BCUT2D eigenvalue weighted by Crippen LogP contribution is -2.41. The van der Waals surface area contributed by atoms with E-state index < -0.39 is 0 Å². The monoisotopic (exact) mass is 429 g/mol. The van der Waals surface area contributed by atoms with Gasteiger partial charge < -0.3 is 14.2 Å². The van der Waals surface area contributed by atoms with Gasteiger partial charge in [-0.2, -0.15) is 10.1 Å². The summed E-state index contributed by atoms with van der Waals surface area (Å²) in [4.78, 5) is 18.3. The van der Waals surface area contributed by atoms with Gasteiger partial charge in [-0.25, -0.2) is 0 Å². The second kappa shape index (κ2) is 8.39. The van der Waals surface area contributed by atoms with Gasteiger partial charge in [-0.3, -0.25) is 9.48 Å². The van der Waals surface area contributed by atoms with Crippen molar-refractivity contribution in [3.63, 3.8) is 0 Å². The minimum atomic E-state index is -0.0394. The molecule has 8 nitrogen and oxygen atoms in total. The molecule has 0 atom stereocenters. The van der Waals surface area contributed by atoms with Gasteiger partial charge in [0.1, 0.15) is 6.61 Å². The molecule has 0 unspecified atom stereocenters. The van der Waals surface area contributed by atoms with Crippen LogP contribution >= 0.6 is 0 Å². The third kappa shape index (κ3) is 4.04. The highest BCUT2D eigenvalue weighted by atomic mass is 16.5. The van der Waals surface area contributed by atoms with Crippen LogP contribution in [0.2, 0.25) is 0 Å². The van der Waals surface area contributed by atoms with Crippen LogP contribution in [0.25, 0.3) is 23.0 Å². The molecule has 32 heavy (non-hydrogen) atoms. The van der Waals surface area contributed by atoms with Crippen molar-refractivity contribution in [3.05, 3.63) is 71.4 Å². The Kier molecular flexibility index (Phi) is 5.28. The van der Waals surface area contributed by atoms with Gasteiger partial charge in [0, 0.05) is 23.5 Å². The zero-order valence-corrected chi connectivity index (χ0v) is 18.0. The normalized spacial score (nSPS) is 14.2. The molecule has 0 aliphatic carbocycles. The first-order valence-electron chi connectivity index (χ1n) is 10.5. The molecule has 1 saturated heterocycles. The van der Waals surface area contributed by atoms with E-state index in [0.717, 1.165) is 16.9 Å². The summed E-state index contributed by atoms with van der Waals surface area (Å²) in [6.07, 6.45) is 0. The van der Waals surface area contributed by atoms with E-state index in [0.29, 0.717) is 37.1 Å². The number of aromatic nitrogens is 4. The molecule has 162 valence electrons. The number of aryl methyl sites for hydroxylation is 2. The molecule has 5 rings (SSSR count). The van der Waals surface area contributed by atoms with Gasteiger partial charge in [-0.05, 0) is 49.7 Å². The Labute approximate surface area is 185 Å². The molecular weight excluding hydrogens is 406 g/mol. The molecule has 1 aliphatic heterocycles. The molecule has 0 radical (unpaired) electrons. The summed E-state index contributed by atoms with van der Waals surface area (Å²) < 4.78 is 12.6. The highest BCUT2D eigenvalue weighted by molar-refractivity contribution is 5.95. The lowest BCUT2D eigenvalue weighted by Gasteiger charge is -2.26. The SMILES string of the molecule is Cc1ccc(Cn2nc(-c3nc(-c4ccc(N5CCOCC5=O)cc4)no3)cc2C)cc1. The molecule has 0 spiro atoms. The van der Waals surface area contributed by atoms with Crippen LogP contribution in [-0.4, -0.2) is 45.6 Å². The van der Waals surface area contributed by atoms with Crippen molar-refractivity contribution in [1.82, 2.24) is 19.9 Å². The Morgan fingerprint density at radius 2 is 1.81 bits per heavy atom. The fourth-order valence-corrected chi connectivity index (χ4v) is 3.67. The fourth-order valence-electron chi connectivity index (χ4n) is 3.67. The van der Waals surface area contributed by atoms with Crippen molar-refractivity contribution in [2.45, 2.75) is 20.4 Å². The summed E-state index contributed by atoms with van der Waals surface area (Å²) in [5.41, 5.74) is 5.70. The van der Waals surface area contributed by atoms with E-state index in [2.05, 4.69) is 46.4 Å². The lowest BCUT2D eigenvalue weighted by molar-refractivity contribution is -0.125. The Hall–Kier alpha value is -3.78. The number of carbonyl (C=O) groups is 1. The van der Waals surface area contributed by atoms with Crippen LogP contribution in [0.4, 0.5) is 5.69 Å². The van der Waals surface area contributed by atoms with Crippen LogP contribution in [0.15, 0.2) is 59.1 Å². The molecule has 0 saturated carbocycles. The summed E-state index contributed by atoms with van der Waals surface area (Å²) in [6.45, 7) is 5.96. The summed E-state index contributed by atoms with van der Waals surface area (Å²) in [6, 6.07) is 17.9. The van der Waals surface area contributed by atoms with Crippen LogP contribution in [0.5, 0.6) is 0 Å². The molecule has 0 N–H and O–H groups in total. The van der Waals surface area contributed by atoms with Gasteiger partial charge in [0.15, 0.2) is 5.69 Å². The smallest absolute Gasteiger partial charge is 0.278 e. The van der Waals surface area contributed by atoms with Crippen molar-refractivity contribution in [1.29, 1.82) is 0 Å². The van der Waals surface area contributed by atoms with E-state index in [1.54, 1.807) is 4.90 Å². The van der Waals surface area contributed by atoms with Gasteiger partial charge in [0.05, 0.1) is 13.2 Å². The lowest BCUT2D eigenvalue weighted by atomic mass is 10.1. The van der Waals surface area contributed by atoms with Gasteiger partial charge in [0.2, 0.25) is 5.82 Å². The highest BCUT2D eigenvalue weighted by Crippen LogP contribution is 2.25. The molecular formula is C24H23N5O3. The van der Waals surface area contributed by atoms with Crippen molar-refractivity contribution in [3.8, 4) is 23.0 Å². The third-order valence-electron chi connectivity index (χ3n) is 5.50. The van der Waals surface area contributed by atoms with E-state index in [1.807, 2.05) is 41.9 Å². The molecule has 1 fully saturated rings. The minimum absolute atomic E-state index is 0.0394. The number of anilines is 1. The Morgan fingerprint density at radius 1 is 1.03 bits per heavy atom. The molecule has 2 aromatic carbocycles. The van der Waals surface area contributed by atoms with Crippen LogP contribution < -0.4 is 4.90 Å². The number of carbonyl (C=O) groups excluding carboxylic acids is 1. The minimum Gasteiger partial charge on any atom is -0.370 e. The van der Waals surface area contributed by atoms with Crippen molar-refractivity contribution in [2.24, 2.45) is 0 Å².